The molecule has 0 aliphatic rings. The first-order valence-corrected chi connectivity index (χ1v) is 5.93. The summed E-state index contributed by atoms with van der Waals surface area (Å²) in [7, 11) is 0. The van der Waals surface area contributed by atoms with E-state index in [0.29, 0.717) is 20.1 Å². The molecule has 0 radical (unpaired) electrons. The summed E-state index contributed by atoms with van der Waals surface area (Å²) < 4.78 is 26.6. The summed E-state index contributed by atoms with van der Waals surface area (Å²) in [5, 5.41) is 9.09. The Kier molecular flexibility index (Phi) is 3.32. The quantitative estimate of drug-likeness (QED) is 0.923. The van der Waals surface area contributed by atoms with Crippen molar-refractivity contribution in [3.05, 3.63) is 38.6 Å². The average molecular weight is 306 g/mol. The lowest BCUT2D eigenvalue weighted by Crippen LogP contribution is -1.88. The van der Waals surface area contributed by atoms with Crippen LogP contribution in [-0.2, 0) is 6.61 Å². The molecule has 2 nitrogen and oxygen atoms in total. The van der Waals surface area contributed by atoms with Crippen molar-refractivity contribution in [1.82, 2.24) is 4.98 Å². The van der Waals surface area contributed by atoms with Crippen molar-refractivity contribution in [1.29, 1.82) is 0 Å². The van der Waals surface area contributed by atoms with Gasteiger partial charge in [-0.2, -0.15) is 0 Å². The first-order valence-electron chi connectivity index (χ1n) is 4.32. The van der Waals surface area contributed by atoms with Crippen LogP contribution >= 0.6 is 27.3 Å². The van der Waals surface area contributed by atoms with Crippen molar-refractivity contribution in [3.8, 4) is 11.3 Å². The van der Waals surface area contributed by atoms with Crippen molar-refractivity contribution in [2.45, 2.75) is 6.61 Å². The fourth-order valence-corrected chi connectivity index (χ4v) is 2.77. The predicted octanol–water partition coefficient (Wildman–Crippen LogP) is 3.34. The van der Waals surface area contributed by atoms with Crippen LogP contribution in [0, 0.1) is 11.6 Å². The first-order chi connectivity index (χ1) is 7.60. The summed E-state index contributed by atoms with van der Waals surface area (Å²) in [6.45, 7) is -0.212. The molecule has 2 rings (SSSR count). The van der Waals surface area contributed by atoms with Crippen molar-refractivity contribution in [2.24, 2.45) is 0 Å². The Morgan fingerprint density at radius 3 is 2.44 bits per heavy atom. The molecule has 0 saturated heterocycles. The molecular weight excluding hydrogens is 300 g/mol. The number of thiazole rings is 1. The van der Waals surface area contributed by atoms with E-state index in [4.69, 9.17) is 5.11 Å². The van der Waals surface area contributed by atoms with Gasteiger partial charge in [0.05, 0.1) is 17.2 Å². The molecule has 16 heavy (non-hydrogen) atoms. The normalized spacial score (nSPS) is 10.8. The second-order valence-electron chi connectivity index (χ2n) is 3.05. The van der Waals surface area contributed by atoms with Gasteiger partial charge >= 0.3 is 0 Å². The topological polar surface area (TPSA) is 33.1 Å². The second-order valence-corrected chi connectivity index (χ2v) is 5.41. The van der Waals surface area contributed by atoms with Gasteiger partial charge in [-0.3, -0.25) is 0 Å². The SMILES string of the molecule is OCc1sc(Br)nc1-c1cc(F)cc(F)c1. The van der Waals surface area contributed by atoms with Gasteiger partial charge in [0, 0.05) is 11.6 Å². The molecule has 1 aromatic carbocycles. The van der Waals surface area contributed by atoms with E-state index in [1.807, 2.05) is 0 Å². The summed E-state index contributed by atoms with van der Waals surface area (Å²) in [5.74, 6) is -1.33. The van der Waals surface area contributed by atoms with Crippen LogP contribution in [0.15, 0.2) is 22.1 Å². The molecule has 0 aliphatic heterocycles. The molecule has 0 amide bonds. The highest BCUT2D eigenvalue weighted by atomic mass is 79.9. The highest BCUT2D eigenvalue weighted by Gasteiger charge is 2.13. The van der Waals surface area contributed by atoms with Crippen LogP contribution in [0.4, 0.5) is 8.78 Å². The average Bonchev–Trinajstić information content (AvgIpc) is 2.58. The highest BCUT2D eigenvalue weighted by molar-refractivity contribution is 9.11. The van der Waals surface area contributed by atoms with E-state index in [1.54, 1.807) is 0 Å². The highest BCUT2D eigenvalue weighted by Crippen LogP contribution is 2.31. The molecule has 0 atom stereocenters. The Bertz CT molecular complexity index is 509. The van der Waals surface area contributed by atoms with E-state index in [-0.39, 0.29) is 6.61 Å². The number of hydrogen-bond donors (Lipinski definition) is 1. The smallest absolute Gasteiger partial charge is 0.160 e. The van der Waals surface area contributed by atoms with E-state index in [0.717, 1.165) is 6.07 Å². The second kappa shape index (κ2) is 4.57. The Labute approximate surface area is 103 Å². The van der Waals surface area contributed by atoms with Gasteiger partial charge in [-0.25, -0.2) is 13.8 Å². The van der Waals surface area contributed by atoms with Gasteiger partial charge in [0.25, 0.3) is 0 Å². The third-order valence-electron chi connectivity index (χ3n) is 1.95. The van der Waals surface area contributed by atoms with Crippen LogP contribution in [0.25, 0.3) is 11.3 Å². The molecule has 0 bridgehead atoms. The molecule has 0 aliphatic carbocycles. The molecule has 0 spiro atoms. The van der Waals surface area contributed by atoms with Gasteiger partial charge in [0.2, 0.25) is 0 Å². The lowest BCUT2D eigenvalue weighted by Gasteiger charge is -2.00. The predicted molar refractivity (Wildman–Crippen MR) is 61.1 cm³/mol. The van der Waals surface area contributed by atoms with Crippen molar-refractivity contribution in [2.75, 3.05) is 0 Å². The van der Waals surface area contributed by atoms with Crippen LogP contribution in [0.2, 0.25) is 0 Å². The standard InChI is InChI=1S/C10H6BrF2NOS/c11-10-14-9(8(4-15)16-10)5-1-6(12)3-7(13)2-5/h1-3,15H,4H2. The van der Waals surface area contributed by atoms with E-state index >= 15 is 0 Å². The molecule has 0 unspecified atom stereocenters. The molecule has 1 aromatic heterocycles. The number of benzene rings is 1. The maximum absolute atomic E-state index is 13.0. The molecule has 1 heterocycles. The number of aliphatic hydroxyl groups is 1. The zero-order chi connectivity index (χ0) is 11.7. The van der Waals surface area contributed by atoms with Gasteiger partial charge in [0.1, 0.15) is 11.6 Å². The number of aromatic nitrogens is 1. The summed E-state index contributed by atoms with van der Waals surface area (Å²) >= 11 is 4.40. The number of nitrogens with zero attached hydrogens (tertiary/aromatic N) is 1. The third-order valence-corrected chi connectivity index (χ3v) is 3.44. The lowest BCUT2D eigenvalue weighted by atomic mass is 10.1. The van der Waals surface area contributed by atoms with Gasteiger partial charge in [-0.15, -0.1) is 11.3 Å². The van der Waals surface area contributed by atoms with Gasteiger partial charge in [0.15, 0.2) is 3.92 Å². The number of rotatable bonds is 2. The minimum atomic E-state index is -0.664. The maximum atomic E-state index is 13.0. The van der Waals surface area contributed by atoms with Crippen molar-refractivity contribution < 1.29 is 13.9 Å². The van der Waals surface area contributed by atoms with Gasteiger partial charge in [-0.05, 0) is 28.1 Å². The zero-order valence-corrected chi connectivity index (χ0v) is 10.3. The zero-order valence-electron chi connectivity index (χ0n) is 7.88. The summed E-state index contributed by atoms with van der Waals surface area (Å²) in [6.07, 6.45) is 0. The van der Waals surface area contributed by atoms with Crippen LogP contribution in [0.3, 0.4) is 0 Å². The minimum absolute atomic E-state index is 0.212. The molecule has 1 N–H and O–H groups in total. The molecule has 2 aromatic rings. The van der Waals surface area contributed by atoms with E-state index < -0.39 is 11.6 Å². The summed E-state index contributed by atoms with van der Waals surface area (Å²) in [4.78, 5) is 4.64. The van der Waals surface area contributed by atoms with Crippen LogP contribution in [0.1, 0.15) is 4.88 Å². The number of hydrogen-bond acceptors (Lipinski definition) is 3. The third kappa shape index (κ3) is 2.28. The monoisotopic (exact) mass is 305 g/mol. The summed E-state index contributed by atoms with van der Waals surface area (Å²) in [5.41, 5.74) is 0.723. The van der Waals surface area contributed by atoms with Crippen LogP contribution < -0.4 is 0 Å². The Morgan fingerprint density at radius 1 is 1.25 bits per heavy atom. The van der Waals surface area contributed by atoms with E-state index in [2.05, 4.69) is 20.9 Å². The fraction of sp³-hybridized carbons (Fsp3) is 0.100. The number of halogens is 3. The lowest BCUT2D eigenvalue weighted by molar-refractivity contribution is 0.286. The maximum Gasteiger partial charge on any atom is 0.160 e. The Hall–Kier alpha value is -0.850. The van der Waals surface area contributed by atoms with E-state index in [9.17, 15) is 8.78 Å². The van der Waals surface area contributed by atoms with Crippen LogP contribution in [-0.4, -0.2) is 10.1 Å². The van der Waals surface area contributed by atoms with E-state index in [1.165, 1.54) is 23.5 Å². The van der Waals surface area contributed by atoms with Gasteiger partial charge in [-0.1, -0.05) is 0 Å². The van der Waals surface area contributed by atoms with Crippen molar-refractivity contribution in [3.63, 3.8) is 0 Å². The van der Waals surface area contributed by atoms with Crippen molar-refractivity contribution >= 4 is 27.3 Å². The Balaban J connectivity index is 2.57. The molecule has 6 heteroatoms. The molecule has 0 saturated carbocycles. The van der Waals surface area contributed by atoms with Gasteiger partial charge < -0.3 is 5.11 Å². The largest absolute Gasteiger partial charge is 0.391 e. The molecular formula is C10H6BrF2NOS. The molecule has 84 valence electrons. The fourth-order valence-electron chi connectivity index (χ4n) is 1.35. The van der Waals surface area contributed by atoms with Crippen LogP contribution in [0.5, 0.6) is 0 Å². The Morgan fingerprint density at radius 2 is 1.88 bits per heavy atom. The first kappa shape index (κ1) is 11.6. The summed E-state index contributed by atoms with van der Waals surface area (Å²) in [6, 6.07) is 3.16. The minimum Gasteiger partial charge on any atom is -0.391 e. The molecule has 0 fully saturated rings. The number of aliphatic hydroxyl groups excluding tert-OH is 1.